The van der Waals surface area contributed by atoms with Gasteiger partial charge in [-0.1, -0.05) is 5.92 Å². The summed E-state index contributed by atoms with van der Waals surface area (Å²) < 4.78 is 0. The fourth-order valence-electron chi connectivity index (χ4n) is 1.50. The Morgan fingerprint density at radius 1 is 1.37 bits per heavy atom. The molecule has 1 saturated carbocycles. The molecule has 1 aliphatic rings. The van der Waals surface area contributed by atoms with Crippen molar-refractivity contribution in [2.45, 2.75) is 12.8 Å². The van der Waals surface area contributed by atoms with E-state index in [4.69, 9.17) is 6.42 Å². The molecule has 0 unspecified atom stereocenters. The van der Waals surface area contributed by atoms with Crippen LogP contribution in [0.3, 0.4) is 0 Å². The molecule has 3 N–H and O–H groups in total. The van der Waals surface area contributed by atoms with Crippen molar-refractivity contribution >= 4 is 17.5 Å². The highest BCUT2D eigenvalue weighted by molar-refractivity contribution is 5.80. The molecule has 0 radical (unpaired) electrons. The second kappa shape index (κ2) is 6.59. The van der Waals surface area contributed by atoms with Gasteiger partial charge >= 0.3 is 0 Å². The molecule has 100 valence electrons. The van der Waals surface area contributed by atoms with Crippen molar-refractivity contribution in [3.8, 4) is 12.3 Å². The minimum absolute atomic E-state index is 0.140. The lowest BCUT2D eigenvalue weighted by Crippen LogP contribution is -2.30. The molecule has 1 heterocycles. The van der Waals surface area contributed by atoms with Gasteiger partial charge in [0, 0.05) is 12.6 Å². The molecular weight excluding hydrogens is 242 g/mol. The summed E-state index contributed by atoms with van der Waals surface area (Å²) >= 11 is 0. The van der Waals surface area contributed by atoms with Crippen LogP contribution in [0.1, 0.15) is 12.8 Å². The Hall–Kier alpha value is -2.29. The number of nitrogens with one attached hydrogen (secondary N) is 3. The van der Waals surface area contributed by atoms with Crippen LogP contribution >= 0.6 is 0 Å². The number of hydrogen-bond acceptors (Lipinski definition) is 5. The van der Waals surface area contributed by atoms with E-state index in [0.717, 1.165) is 18.3 Å². The SMILES string of the molecule is C#CCNC(=O)CNc1cc(NCC2CC2)ncn1. The summed E-state index contributed by atoms with van der Waals surface area (Å²) in [5.74, 6) is 4.35. The van der Waals surface area contributed by atoms with Crippen LogP contribution in [0.2, 0.25) is 0 Å². The Balaban J connectivity index is 1.77. The molecular formula is C13H17N5O. The van der Waals surface area contributed by atoms with Crippen LogP contribution in [-0.4, -0.2) is 35.5 Å². The number of anilines is 2. The van der Waals surface area contributed by atoms with Crippen LogP contribution in [0, 0.1) is 18.3 Å². The predicted molar refractivity (Wildman–Crippen MR) is 73.6 cm³/mol. The van der Waals surface area contributed by atoms with Gasteiger partial charge in [-0.3, -0.25) is 4.79 Å². The molecule has 0 bridgehead atoms. The zero-order chi connectivity index (χ0) is 13.5. The Bertz CT molecular complexity index is 478. The maximum Gasteiger partial charge on any atom is 0.240 e. The molecule has 19 heavy (non-hydrogen) atoms. The van der Waals surface area contributed by atoms with Crippen molar-refractivity contribution in [2.75, 3.05) is 30.3 Å². The summed E-state index contributed by atoms with van der Waals surface area (Å²) in [6.07, 6.45) is 9.10. The van der Waals surface area contributed by atoms with Crippen molar-refractivity contribution < 1.29 is 4.79 Å². The van der Waals surface area contributed by atoms with Crippen molar-refractivity contribution in [2.24, 2.45) is 5.92 Å². The number of aromatic nitrogens is 2. The van der Waals surface area contributed by atoms with Crippen molar-refractivity contribution in [3.63, 3.8) is 0 Å². The van der Waals surface area contributed by atoms with Crippen molar-refractivity contribution in [1.82, 2.24) is 15.3 Å². The van der Waals surface area contributed by atoms with Crippen LogP contribution in [0.5, 0.6) is 0 Å². The molecule has 2 rings (SSSR count). The van der Waals surface area contributed by atoms with Gasteiger partial charge < -0.3 is 16.0 Å². The second-order valence-corrected chi connectivity index (χ2v) is 4.45. The zero-order valence-corrected chi connectivity index (χ0v) is 10.6. The van der Waals surface area contributed by atoms with Gasteiger partial charge in [-0.15, -0.1) is 6.42 Å². The van der Waals surface area contributed by atoms with Gasteiger partial charge in [-0.2, -0.15) is 0 Å². The second-order valence-electron chi connectivity index (χ2n) is 4.45. The van der Waals surface area contributed by atoms with Crippen LogP contribution in [-0.2, 0) is 4.79 Å². The average Bonchev–Trinajstić information content (AvgIpc) is 3.25. The molecule has 6 nitrogen and oxygen atoms in total. The number of hydrogen-bond donors (Lipinski definition) is 3. The molecule has 1 aliphatic carbocycles. The van der Waals surface area contributed by atoms with Gasteiger partial charge in [0.25, 0.3) is 0 Å². The molecule has 6 heteroatoms. The molecule has 0 saturated heterocycles. The lowest BCUT2D eigenvalue weighted by Gasteiger charge is -2.08. The van der Waals surface area contributed by atoms with Gasteiger partial charge in [0.2, 0.25) is 5.91 Å². The normalized spacial score (nSPS) is 13.4. The fourth-order valence-corrected chi connectivity index (χ4v) is 1.50. The van der Waals surface area contributed by atoms with E-state index in [9.17, 15) is 4.79 Å². The number of nitrogens with zero attached hydrogens (tertiary/aromatic N) is 2. The first-order valence-electron chi connectivity index (χ1n) is 6.28. The standard InChI is InChI=1S/C13H17N5O/c1-2-5-14-13(19)8-16-12-6-11(17-9-18-12)15-7-10-3-4-10/h1,6,9-10H,3-5,7-8H2,(H,14,19)(H2,15,16,17,18). The van der Waals surface area contributed by atoms with Gasteiger partial charge in [0.15, 0.2) is 0 Å². The van der Waals surface area contributed by atoms with Crippen molar-refractivity contribution in [3.05, 3.63) is 12.4 Å². The van der Waals surface area contributed by atoms with E-state index in [1.54, 1.807) is 6.07 Å². The highest BCUT2D eigenvalue weighted by atomic mass is 16.1. The van der Waals surface area contributed by atoms with Gasteiger partial charge in [-0.05, 0) is 18.8 Å². The maximum atomic E-state index is 11.4. The summed E-state index contributed by atoms with van der Waals surface area (Å²) in [4.78, 5) is 19.5. The van der Waals surface area contributed by atoms with Crippen LogP contribution in [0.15, 0.2) is 12.4 Å². The quantitative estimate of drug-likeness (QED) is 0.620. The summed E-state index contributed by atoms with van der Waals surface area (Å²) in [5.41, 5.74) is 0. The fraction of sp³-hybridized carbons (Fsp3) is 0.462. The Kier molecular flexibility index (Phi) is 4.56. The largest absolute Gasteiger partial charge is 0.370 e. The molecule has 0 aliphatic heterocycles. The van der Waals surface area contributed by atoms with Crippen molar-refractivity contribution in [1.29, 1.82) is 0 Å². The van der Waals surface area contributed by atoms with E-state index < -0.39 is 0 Å². The topological polar surface area (TPSA) is 78.9 Å². The van der Waals surface area contributed by atoms with Gasteiger partial charge in [-0.25, -0.2) is 9.97 Å². The minimum Gasteiger partial charge on any atom is -0.370 e. The number of rotatable bonds is 7. The van der Waals surface area contributed by atoms with E-state index in [1.165, 1.54) is 19.2 Å². The van der Waals surface area contributed by atoms with E-state index in [0.29, 0.717) is 5.82 Å². The summed E-state index contributed by atoms with van der Waals surface area (Å²) in [5, 5.41) is 8.74. The zero-order valence-electron chi connectivity index (χ0n) is 10.6. The first kappa shape index (κ1) is 13.1. The summed E-state index contributed by atoms with van der Waals surface area (Å²) in [7, 11) is 0. The van der Waals surface area contributed by atoms with Crippen LogP contribution in [0.25, 0.3) is 0 Å². The Labute approximate surface area is 112 Å². The van der Waals surface area contributed by atoms with Gasteiger partial charge in [0.05, 0.1) is 13.1 Å². The van der Waals surface area contributed by atoms with E-state index >= 15 is 0 Å². The van der Waals surface area contributed by atoms with Crippen LogP contribution < -0.4 is 16.0 Å². The highest BCUT2D eigenvalue weighted by Crippen LogP contribution is 2.28. The Morgan fingerprint density at radius 3 is 2.79 bits per heavy atom. The summed E-state index contributed by atoms with van der Waals surface area (Å²) in [6, 6.07) is 1.79. The average molecular weight is 259 g/mol. The molecule has 0 atom stereocenters. The Morgan fingerprint density at radius 2 is 2.11 bits per heavy atom. The molecule has 1 aromatic heterocycles. The molecule has 0 spiro atoms. The minimum atomic E-state index is -0.163. The first-order chi connectivity index (χ1) is 9.28. The number of carbonyl (C=O) groups excluding carboxylic acids is 1. The third-order valence-corrected chi connectivity index (χ3v) is 2.75. The lowest BCUT2D eigenvalue weighted by atomic mass is 10.4. The molecule has 1 amide bonds. The first-order valence-corrected chi connectivity index (χ1v) is 6.28. The highest BCUT2D eigenvalue weighted by Gasteiger charge is 2.20. The third-order valence-electron chi connectivity index (χ3n) is 2.75. The van der Waals surface area contributed by atoms with E-state index in [1.807, 2.05) is 0 Å². The number of terminal acetylenes is 1. The van der Waals surface area contributed by atoms with E-state index in [2.05, 4.69) is 31.8 Å². The van der Waals surface area contributed by atoms with Gasteiger partial charge in [0.1, 0.15) is 18.0 Å². The molecule has 1 aromatic rings. The predicted octanol–water partition coefficient (Wildman–Crippen LogP) is 0.460. The lowest BCUT2D eigenvalue weighted by molar-refractivity contribution is -0.119. The van der Waals surface area contributed by atoms with E-state index in [-0.39, 0.29) is 19.0 Å². The molecule has 0 aromatic carbocycles. The number of carbonyl (C=O) groups is 1. The van der Waals surface area contributed by atoms with Crippen LogP contribution in [0.4, 0.5) is 11.6 Å². The number of amides is 1. The maximum absolute atomic E-state index is 11.4. The third kappa shape index (κ3) is 4.84. The molecule has 1 fully saturated rings. The smallest absolute Gasteiger partial charge is 0.240 e. The summed E-state index contributed by atoms with van der Waals surface area (Å²) in [6.45, 7) is 1.32. The monoisotopic (exact) mass is 259 g/mol.